The molecular formula is C15H13N3O3. The van der Waals surface area contributed by atoms with Crippen LogP contribution < -0.4 is 11.1 Å². The number of nitrogens with zero attached hydrogens (tertiary/aromatic N) is 2. The van der Waals surface area contributed by atoms with Gasteiger partial charge >= 0.3 is 11.8 Å². The van der Waals surface area contributed by atoms with Gasteiger partial charge in [0.05, 0.1) is 0 Å². The van der Waals surface area contributed by atoms with Crippen molar-refractivity contribution in [2.24, 2.45) is 0 Å². The van der Waals surface area contributed by atoms with Gasteiger partial charge in [-0.3, -0.25) is 0 Å². The molecule has 0 fully saturated rings. The Morgan fingerprint density at radius 3 is 2.90 bits per heavy atom. The van der Waals surface area contributed by atoms with E-state index in [4.69, 9.17) is 4.42 Å². The van der Waals surface area contributed by atoms with E-state index in [1.807, 2.05) is 31.2 Å². The third-order valence-electron chi connectivity index (χ3n) is 3.24. The molecule has 0 radical (unpaired) electrons. The monoisotopic (exact) mass is 283 g/mol. The Bertz CT molecular complexity index is 864. The summed E-state index contributed by atoms with van der Waals surface area (Å²) in [5.74, 6) is -0.744. The Hall–Kier alpha value is -2.89. The van der Waals surface area contributed by atoms with Crippen LogP contribution in [0.5, 0.6) is 0 Å². The summed E-state index contributed by atoms with van der Waals surface area (Å²) in [4.78, 5) is 27.9. The molecule has 0 bridgehead atoms. The van der Waals surface area contributed by atoms with Crippen LogP contribution >= 0.6 is 0 Å². The molecule has 0 aliphatic carbocycles. The highest BCUT2D eigenvalue weighted by atomic mass is 16.4. The van der Waals surface area contributed by atoms with Gasteiger partial charge in [-0.05, 0) is 30.2 Å². The fourth-order valence-electron chi connectivity index (χ4n) is 2.09. The lowest BCUT2D eigenvalue weighted by Gasteiger charge is -2.07. The maximum absolute atomic E-state index is 12.2. The predicted octanol–water partition coefficient (Wildman–Crippen LogP) is 2.06. The molecular weight excluding hydrogens is 270 g/mol. The summed E-state index contributed by atoms with van der Waals surface area (Å²) in [5.41, 5.74) is 2.55. The third-order valence-corrected chi connectivity index (χ3v) is 3.24. The van der Waals surface area contributed by atoms with Crippen molar-refractivity contribution in [1.82, 2.24) is 14.9 Å². The van der Waals surface area contributed by atoms with Crippen LogP contribution in [0, 0.1) is 6.92 Å². The topological polar surface area (TPSA) is 77.1 Å². The maximum atomic E-state index is 12.2. The Balaban J connectivity index is 1.87. The van der Waals surface area contributed by atoms with E-state index in [1.54, 1.807) is 12.1 Å². The molecule has 2 aromatic heterocycles. The van der Waals surface area contributed by atoms with E-state index in [-0.39, 0.29) is 11.2 Å². The second kappa shape index (κ2) is 5.24. The number of carbonyl (C=O) groups is 1. The van der Waals surface area contributed by atoms with E-state index in [0.717, 1.165) is 15.7 Å². The molecule has 0 atom stereocenters. The molecule has 0 aliphatic rings. The number of amides is 1. The fraction of sp³-hybridized carbons (Fsp3) is 0.133. The predicted molar refractivity (Wildman–Crippen MR) is 77.1 cm³/mol. The quantitative estimate of drug-likeness (QED) is 0.781. The zero-order valence-electron chi connectivity index (χ0n) is 11.4. The molecule has 106 valence electrons. The molecule has 3 rings (SSSR count). The van der Waals surface area contributed by atoms with Crippen molar-refractivity contribution >= 4 is 17.3 Å². The number of nitrogens with one attached hydrogen (secondary N) is 1. The first kappa shape index (κ1) is 13.1. The summed E-state index contributed by atoms with van der Waals surface area (Å²) in [7, 11) is 0. The Kier molecular flexibility index (Phi) is 3.27. The van der Waals surface area contributed by atoms with Crippen LogP contribution in [-0.4, -0.2) is 15.6 Å². The number of hydrogen-bond donors (Lipinski definition) is 1. The molecule has 1 N–H and O–H groups in total. The van der Waals surface area contributed by atoms with Crippen LogP contribution in [-0.2, 0) is 6.54 Å². The molecule has 0 saturated heterocycles. The van der Waals surface area contributed by atoms with Crippen molar-refractivity contribution in [3.8, 4) is 0 Å². The minimum Gasteiger partial charge on any atom is -0.406 e. The van der Waals surface area contributed by atoms with Crippen LogP contribution in [0.2, 0.25) is 0 Å². The largest absolute Gasteiger partial charge is 0.429 e. The van der Waals surface area contributed by atoms with E-state index in [0.29, 0.717) is 6.54 Å². The van der Waals surface area contributed by atoms with Crippen molar-refractivity contribution in [2.75, 3.05) is 0 Å². The number of fused-ring (bicyclic) bond motifs is 1. The molecule has 1 aromatic carbocycles. The normalized spacial score (nSPS) is 10.7. The number of carbonyl (C=O) groups excluding carboxylic acids is 1. The van der Waals surface area contributed by atoms with Gasteiger partial charge in [-0.1, -0.05) is 24.3 Å². The highest BCUT2D eigenvalue weighted by molar-refractivity contribution is 5.85. The van der Waals surface area contributed by atoms with Gasteiger partial charge in [-0.25, -0.2) is 14.6 Å². The van der Waals surface area contributed by atoms with Crippen molar-refractivity contribution in [2.45, 2.75) is 13.5 Å². The first-order chi connectivity index (χ1) is 10.2. The minimum absolute atomic E-state index is 0.213. The summed E-state index contributed by atoms with van der Waals surface area (Å²) in [6.07, 6.45) is 1.50. The maximum Gasteiger partial charge on any atom is 0.429 e. The van der Waals surface area contributed by atoms with Crippen molar-refractivity contribution < 1.29 is 9.21 Å². The first-order valence-electron chi connectivity index (χ1n) is 6.46. The highest BCUT2D eigenvalue weighted by Gasteiger charge is 2.16. The summed E-state index contributed by atoms with van der Waals surface area (Å²) in [6, 6.07) is 10.4. The van der Waals surface area contributed by atoms with E-state index in [9.17, 15) is 9.59 Å². The van der Waals surface area contributed by atoms with Crippen molar-refractivity contribution in [1.29, 1.82) is 0 Å². The lowest BCUT2D eigenvalue weighted by atomic mass is 10.1. The molecule has 6 nitrogen and oxygen atoms in total. The van der Waals surface area contributed by atoms with E-state index in [1.165, 1.54) is 6.20 Å². The summed E-state index contributed by atoms with van der Waals surface area (Å²) < 4.78 is 5.88. The lowest BCUT2D eigenvalue weighted by Crippen LogP contribution is -2.34. The zero-order valence-corrected chi connectivity index (χ0v) is 11.4. The molecule has 6 heteroatoms. The van der Waals surface area contributed by atoms with Gasteiger partial charge in [-0.2, -0.15) is 4.57 Å². The van der Waals surface area contributed by atoms with Crippen LogP contribution in [0.3, 0.4) is 0 Å². The average Bonchev–Trinajstić information content (AvgIpc) is 2.82. The van der Waals surface area contributed by atoms with E-state index in [2.05, 4.69) is 10.3 Å². The van der Waals surface area contributed by atoms with Crippen LogP contribution in [0.15, 0.2) is 51.8 Å². The number of aryl methyl sites for hydroxylation is 1. The Labute approximate surface area is 120 Å². The lowest BCUT2D eigenvalue weighted by molar-refractivity contribution is 0.240. The van der Waals surface area contributed by atoms with Crippen LogP contribution in [0.1, 0.15) is 11.1 Å². The standard InChI is InChI=1S/C15H13N3O3/c1-10-5-2-3-6-11(10)9-17-14(19)18-13-12(21-15(18)20)7-4-8-16-13/h2-8H,9H2,1H3,(H,17,19). The number of oxazole rings is 1. The average molecular weight is 283 g/mol. The fourth-order valence-corrected chi connectivity index (χ4v) is 2.09. The molecule has 21 heavy (non-hydrogen) atoms. The SMILES string of the molecule is Cc1ccccc1CNC(=O)n1c(=O)oc2cccnc21. The van der Waals surface area contributed by atoms with Gasteiger partial charge in [0.1, 0.15) is 0 Å². The van der Waals surface area contributed by atoms with Crippen LogP contribution in [0.4, 0.5) is 4.79 Å². The second-order valence-corrected chi connectivity index (χ2v) is 4.61. The number of rotatable bonds is 2. The van der Waals surface area contributed by atoms with Gasteiger partial charge in [0.25, 0.3) is 0 Å². The number of hydrogen-bond acceptors (Lipinski definition) is 4. The van der Waals surface area contributed by atoms with Crippen molar-refractivity contribution in [3.05, 3.63) is 64.3 Å². The molecule has 1 amide bonds. The summed E-state index contributed by atoms with van der Waals surface area (Å²) in [6.45, 7) is 2.29. The number of aromatic nitrogens is 2. The Morgan fingerprint density at radius 1 is 1.29 bits per heavy atom. The number of pyridine rings is 1. The second-order valence-electron chi connectivity index (χ2n) is 4.61. The van der Waals surface area contributed by atoms with Gasteiger partial charge in [0.2, 0.25) is 0 Å². The van der Waals surface area contributed by atoms with E-state index < -0.39 is 11.8 Å². The van der Waals surface area contributed by atoms with Gasteiger partial charge in [0, 0.05) is 12.7 Å². The molecule has 0 saturated carbocycles. The van der Waals surface area contributed by atoms with Crippen molar-refractivity contribution in [3.63, 3.8) is 0 Å². The molecule has 0 aliphatic heterocycles. The first-order valence-corrected chi connectivity index (χ1v) is 6.46. The summed E-state index contributed by atoms with van der Waals surface area (Å²) >= 11 is 0. The minimum atomic E-state index is -0.744. The van der Waals surface area contributed by atoms with Gasteiger partial charge < -0.3 is 9.73 Å². The molecule has 0 unspecified atom stereocenters. The highest BCUT2D eigenvalue weighted by Crippen LogP contribution is 2.09. The van der Waals surface area contributed by atoms with Crippen LogP contribution in [0.25, 0.3) is 11.2 Å². The van der Waals surface area contributed by atoms with E-state index >= 15 is 0 Å². The summed E-state index contributed by atoms with van der Waals surface area (Å²) in [5, 5.41) is 2.70. The van der Waals surface area contributed by atoms with Gasteiger partial charge in [0.15, 0.2) is 11.2 Å². The third kappa shape index (κ3) is 2.43. The Morgan fingerprint density at radius 2 is 2.10 bits per heavy atom. The number of benzene rings is 1. The smallest absolute Gasteiger partial charge is 0.406 e. The zero-order chi connectivity index (χ0) is 14.8. The molecule has 3 aromatic rings. The molecule has 2 heterocycles. The molecule has 0 spiro atoms. The van der Waals surface area contributed by atoms with Gasteiger partial charge in [-0.15, -0.1) is 0 Å².